The van der Waals surface area contributed by atoms with Crippen LogP contribution in [-0.2, 0) is 0 Å². The maximum Gasteiger partial charge on any atom is 0.310 e. The lowest BCUT2D eigenvalue weighted by Crippen LogP contribution is -2.13. The molecule has 0 atom stereocenters. The Morgan fingerprint density at radius 1 is 1.10 bits per heavy atom. The number of aliphatic imine (C=N–C) groups is 2. The SMILES string of the molecule is NC1=NC(Nc2cc(F)cc(S(F)(F)(F)(F)F)c2)=NC1. The molecule has 3 N–H and O–H groups in total. The van der Waals surface area contributed by atoms with Crippen LogP contribution in [0.1, 0.15) is 0 Å². The molecule has 112 valence electrons. The third-order valence-electron chi connectivity index (χ3n) is 2.21. The predicted molar refractivity (Wildman–Crippen MR) is 65.3 cm³/mol. The maximum atomic E-state index is 13.1. The van der Waals surface area contributed by atoms with Crippen molar-refractivity contribution >= 4 is 27.7 Å². The largest absolute Gasteiger partial charge is 0.385 e. The van der Waals surface area contributed by atoms with Gasteiger partial charge >= 0.3 is 10.2 Å². The van der Waals surface area contributed by atoms with E-state index in [4.69, 9.17) is 5.73 Å². The first-order valence-electron chi connectivity index (χ1n) is 5.03. The van der Waals surface area contributed by atoms with Crippen LogP contribution in [0.2, 0.25) is 0 Å². The van der Waals surface area contributed by atoms with Crippen molar-refractivity contribution in [2.45, 2.75) is 4.90 Å². The van der Waals surface area contributed by atoms with Crippen LogP contribution in [0.25, 0.3) is 0 Å². The Kier molecular flexibility index (Phi) is 2.60. The molecule has 1 aromatic rings. The summed E-state index contributed by atoms with van der Waals surface area (Å²) in [5.41, 5.74) is 4.73. The molecular weight excluding hydrogens is 310 g/mol. The minimum Gasteiger partial charge on any atom is -0.385 e. The topological polar surface area (TPSA) is 62.8 Å². The number of hydrogen-bond donors (Lipinski definition) is 2. The lowest BCUT2D eigenvalue weighted by atomic mass is 10.3. The quantitative estimate of drug-likeness (QED) is 0.818. The number of nitrogens with one attached hydrogen (secondary N) is 1. The Bertz CT molecular complexity index is 636. The number of nitrogens with two attached hydrogens (primary N) is 1. The van der Waals surface area contributed by atoms with Gasteiger partial charge < -0.3 is 11.1 Å². The molecule has 1 aromatic carbocycles. The first kappa shape index (κ1) is 14.5. The van der Waals surface area contributed by atoms with Crippen LogP contribution in [0.3, 0.4) is 0 Å². The summed E-state index contributed by atoms with van der Waals surface area (Å²) in [5, 5.41) is 2.19. The van der Waals surface area contributed by atoms with E-state index in [0.29, 0.717) is 6.07 Å². The van der Waals surface area contributed by atoms with Crippen molar-refractivity contribution < 1.29 is 23.8 Å². The fraction of sp³-hybridized carbons (Fsp3) is 0.111. The first-order chi connectivity index (χ1) is 8.83. The summed E-state index contributed by atoms with van der Waals surface area (Å²) in [6, 6.07) is 0.442. The predicted octanol–water partition coefficient (Wildman–Crippen LogP) is 3.62. The summed E-state index contributed by atoms with van der Waals surface area (Å²) in [7, 11) is -9.96. The Hall–Kier alpha value is -1.91. The molecular formula is C9H8F6N4S. The fourth-order valence-corrected chi connectivity index (χ4v) is 2.10. The molecule has 1 aliphatic heterocycles. The van der Waals surface area contributed by atoms with Crippen molar-refractivity contribution in [2.75, 3.05) is 11.9 Å². The number of nitrogens with zero attached hydrogens (tertiary/aromatic N) is 2. The third-order valence-corrected chi connectivity index (χ3v) is 3.34. The van der Waals surface area contributed by atoms with Crippen LogP contribution in [0.4, 0.5) is 29.5 Å². The van der Waals surface area contributed by atoms with Crippen LogP contribution in [0.15, 0.2) is 33.1 Å². The highest BCUT2D eigenvalue weighted by molar-refractivity contribution is 8.45. The minimum absolute atomic E-state index is 0.0199. The molecule has 2 rings (SSSR count). The highest BCUT2D eigenvalue weighted by Crippen LogP contribution is 3.02. The Labute approximate surface area is 109 Å². The molecule has 1 aliphatic rings. The number of guanidine groups is 1. The number of anilines is 1. The molecule has 0 saturated heterocycles. The molecule has 0 unspecified atom stereocenters. The molecule has 0 fully saturated rings. The second-order valence-corrected chi connectivity index (χ2v) is 6.42. The average molecular weight is 318 g/mol. The van der Waals surface area contributed by atoms with Crippen LogP contribution in [0, 0.1) is 5.82 Å². The molecule has 0 bridgehead atoms. The standard InChI is InChI=1S/C9H8F6N4S/c10-5-1-6(18-9-17-4-8(16)19-9)3-7(2-5)20(11,12,13,14)15/h1-3H,4H2,(H3,16,17,18,19). The molecule has 0 saturated carbocycles. The van der Waals surface area contributed by atoms with Crippen molar-refractivity contribution in [2.24, 2.45) is 15.7 Å². The summed E-state index contributed by atoms with van der Waals surface area (Å²) in [6.45, 7) is 0.0199. The smallest absolute Gasteiger partial charge is 0.310 e. The number of amidine groups is 1. The van der Waals surface area contributed by atoms with Crippen LogP contribution in [0.5, 0.6) is 0 Å². The maximum absolute atomic E-state index is 13.1. The van der Waals surface area contributed by atoms with E-state index in [1.807, 2.05) is 0 Å². The van der Waals surface area contributed by atoms with Crippen LogP contribution in [-0.4, -0.2) is 18.3 Å². The number of hydrogen-bond acceptors (Lipinski definition) is 4. The highest BCUT2D eigenvalue weighted by Gasteiger charge is 2.65. The van der Waals surface area contributed by atoms with Gasteiger partial charge in [0.15, 0.2) is 0 Å². The van der Waals surface area contributed by atoms with Gasteiger partial charge in [0.2, 0.25) is 5.96 Å². The van der Waals surface area contributed by atoms with E-state index >= 15 is 0 Å². The van der Waals surface area contributed by atoms with Crippen LogP contribution >= 0.6 is 10.2 Å². The normalized spacial score (nSPS) is 18.9. The monoisotopic (exact) mass is 318 g/mol. The van der Waals surface area contributed by atoms with E-state index in [1.165, 1.54) is 0 Å². The molecule has 20 heavy (non-hydrogen) atoms. The van der Waals surface area contributed by atoms with E-state index in [1.54, 1.807) is 0 Å². The summed E-state index contributed by atoms with van der Waals surface area (Å²) >= 11 is 0. The van der Waals surface area contributed by atoms with Gasteiger partial charge in [-0.2, -0.15) is 4.99 Å². The lowest BCUT2D eigenvalue weighted by Gasteiger charge is -2.40. The van der Waals surface area contributed by atoms with Crippen molar-refractivity contribution in [3.63, 3.8) is 0 Å². The van der Waals surface area contributed by atoms with E-state index < -0.39 is 26.6 Å². The Balaban J connectivity index is 2.41. The second-order valence-electron chi connectivity index (χ2n) is 4.01. The van der Waals surface area contributed by atoms with Crippen molar-refractivity contribution in [3.05, 3.63) is 24.0 Å². The molecule has 0 aromatic heterocycles. The van der Waals surface area contributed by atoms with Gasteiger partial charge in [-0.05, 0) is 18.2 Å². The van der Waals surface area contributed by atoms with Crippen molar-refractivity contribution in [3.8, 4) is 0 Å². The van der Waals surface area contributed by atoms with Crippen molar-refractivity contribution in [1.82, 2.24) is 0 Å². The lowest BCUT2D eigenvalue weighted by molar-refractivity contribution is 0.363. The number of benzene rings is 1. The van der Waals surface area contributed by atoms with E-state index in [9.17, 15) is 23.8 Å². The van der Waals surface area contributed by atoms with Gasteiger partial charge in [-0.15, -0.1) is 0 Å². The Morgan fingerprint density at radius 3 is 2.25 bits per heavy atom. The van der Waals surface area contributed by atoms with Gasteiger partial charge in [0, 0.05) is 5.69 Å². The molecule has 0 spiro atoms. The summed E-state index contributed by atoms with van der Waals surface area (Å²) in [4.78, 5) is 4.92. The van der Waals surface area contributed by atoms with Crippen molar-refractivity contribution in [1.29, 1.82) is 0 Å². The molecule has 0 amide bonds. The zero-order chi connectivity index (χ0) is 15.2. The summed E-state index contributed by atoms with van der Waals surface area (Å²) in [6.07, 6.45) is 0. The fourth-order valence-electron chi connectivity index (χ4n) is 1.42. The van der Waals surface area contributed by atoms with Gasteiger partial charge in [0.05, 0.1) is 0 Å². The molecule has 0 radical (unpaired) electrons. The van der Waals surface area contributed by atoms with Crippen LogP contribution < -0.4 is 11.1 Å². The van der Waals surface area contributed by atoms with E-state index in [2.05, 4.69) is 15.3 Å². The minimum atomic E-state index is -9.96. The van der Waals surface area contributed by atoms with E-state index in [-0.39, 0.29) is 30.5 Å². The Morgan fingerprint density at radius 2 is 1.75 bits per heavy atom. The van der Waals surface area contributed by atoms with Gasteiger partial charge in [-0.1, -0.05) is 19.4 Å². The molecule has 0 aliphatic carbocycles. The molecule has 11 heteroatoms. The summed E-state index contributed by atoms with van der Waals surface area (Å²) in [5.74, 6) is -1.55. The zero-order valence-corrected chi connectivity index (χ0v) is 10.4. The zero-order valence-electron chi connectivity index (χ0n) is 9.59. The van der Waals surface area contributed by atoms with Gasteiger partial charge in [0.25, 0.3) is 0 Å². The third kappa shape index (κ3) is 3.35. The first-order valence-corrected chi connectivity index (χ1v) is 6.98. The van der Waals surface area contributed by atoms with E-state index in [0.717, 1.165) is 0 Å². The second kappa shape index (κ2) is 3.59. The molecule has 1 heterocycles. The van der Waals surface area contributed by atoms with Gasteiger partial charge in [-0.25, -0.2) is 9.38 Å². The number of halogens is 6. The highest BCUT2D eigenvalue weighted by atomic mass is 32.5. The number of rotatable bonds is 2. The van der Waals surface area contributed by atoms with Gasteiger partial charge in [0.1, 0.15) is 23.1 Å². The summed E-state index contributed by atoms with van der Waals surface area (Å²) < 4.78 is 76.1. The van der Waals surface area contributed by atoms with Gasteiger partial charge in [-0.3, -0.25) is 0 Å². The average Bonchev–Trinajstić information content (AvgIpc) is 2.59. The molecule has 4 nitrogen and oxygen atoms in total.